The summed E-state index contributed by atoms with van der Waals surface area (Å²) in [6.07, 6.45) is 1.70. The fourth-order valence-electron chi connectivity index (χ4n) is 2.91. The largest absolute Gasteiger partial charge is 0.453 e. The number of benzene rings is 2. The van der Waals surface area contributed by atoms with Crippen LogP contribution in [0.1, 0.15) is 11.3 Å². The maximum atomic E-state index is 12.2. The van der Waals surface area contributed by atoms with Crippen molar-refractivity contribution in [3.63, 3.8) is 0 Å². The maximum Gasteiger partial charge on any atom is 0.323 e. The van der Waals surface area contributed by atoms with Crippen molar-refractivity contribution in [3.8, 4) is 17.2 Å². The second kappa shape index (κ2) is 7.81. The fourth-order valence-corrected chi connectivity index (χ4v) is 3.20. The Labute approximate surface area is 171 Å². The highest BCUT2D eigenvalue weighted by atomic mass is 35.5. The molecule has 3 aromatic rings. The van der Waals surface area contributed by atoms with Gasteiger partial charge in [-0.15, -0.1) is 0 Å². The molecule has 2 amide bonds. The SMILES string of the molecule is Cc1cc(Cl)cc(NC(=O)Nc2ccc(Oc3ccnc4c3OC(=O)C4)cc2)c1. The first-order chi connectivity index (χ1) is 14.0. The number of hydrogen-bond donors (Lipinski definition) is 2. The van der Waals surface area contributed by atoms with Gasteiger partial charge in [0.1, 0.15) is 5.75 Å². The summed E-state index contributed by atoms with van der Waals surface area (Å²) in [7, 11) is 0. The molecule has 0 atom stereocenters. The molecule has 8 heteroatoms. The van der Waals surface area contributed by atoms with E-state index in [0.29, 0.717) is 39.3 Å². The van der Waals surface area contributed by atoms with Crippen LogP contribution in [0.15, 0.2) is 54.7 Å². The number of aryl methyl sites for hydroxylation is 1. The summed E-state index contributed by atoms with van der Waals surface area (Å²) in [5.41, 5.74) is 2.69. The quantitative estimate of drug-likeness (QED) is 0.595. The van der Waals surface area contributed by atoms with E-state index < -0.39 is 0 Å². The van der Waals surface area contributed by atoms with E-state index in [-0.39, 0.29) is 18.4 Å². The summed E-state index contributed by atoms with van der Waals surface area (Å²) in [5, 5.41) is 6.03. The minimum atomic E-state index is -0.390. The zero-order valence-corrected chi connectivity index (χ0v) is 16.1. The lowest BCUT2D eigenvalue weighted by Crippen LogP contribution is -2.19. The number of urea groups is 1. The Morgan fingerprint density at radius 1 is 1.10 bits per heavy atom. The minimum Gasteiger partial charge on any atom is -0.453 e. The van der Waals surface area contributed by atoms with Crippen LogP contribution in [0.3, 0.4) is 0 Å². The van der Waals surface area contributed by atoms with Crippen LogP contribution in [0.5, 0.6) is 17.2 Å². The van der Waals surface area contributed by atoms with Crippen LogP contribution in [0.2, 0.25) is 5.02 Å². The molecule has 0 bridgehead atoms. The lowest BCUT2D eigenvalue weighted by molar-refractivity contribution is -0.131. The Kier molecular flexibility index (Phi) is 5.05. The highest BCUT2D eigenvalue weighted by Gasteiger charge is 2.25. The number of pyridine rings is 1. The van der Waals surface area contributed by atoms with Gasteiger partial charge in [-0.3, -0.25) is 9.78 Å². The Hall–Kier alpha value is -3.58. The molecule has 2 heterocycles. The molecule has 0 unspecified atom stereocenters. The van der Waals surface area contributed by atoms with Crippen LogP contribution in [0, 0.1) is 6.92 Å². The van der Waals surface area contributed by atoms with E-state index in [4.69, 9.17) is 21.1 Å². The highest BCUT2D eigenvalue weighted by molar-refractivity contribution is 6.31. The van der Waals surface area contributed by atoms with E-state index in [0.717, 1.165) is 5.56 Å². The fraction of sp³-hybridized carbons (Fsp3) is 0.0952. The van der Waals surface area contributed by atoms with Crippen LogP contribution in [0.25, 0.3) is 0 Å². The number of anilines is 2. The Balaban J connectivity index is 1.40. The number of carbonyl (C=O) groups excluding carboxylic acids is 2. The van der Waals surface area contributed by atoms with Crippen LogP contribution < -0.4 is 20.1 Å². The van der Waals surface area contributed by atoms with Gasteiger partial charge in [-0.1, -0.05) is 11.6 Å². The summed E-state index contributed by atoms with van der Waals surface area (Å²) >= 11 is 6.00. The van der Waals surface area contributed by atoms with E-state index in [9.17, 15) is 9.59 Å². The van der Waals surface area contributed by atoms with Crippen molar-refractivity contribution in [2.75, 3.05) is 10.6 Å². The molecule has 0 saturated heterocycles. The Morgan fingerprint density at radius 3 is 2.62 bits per heavy atom. The van der Waals surface area contributed by atoms with Gasteiger partial charge in [0.25, 0.3) is 0 Å². The van der Waals surface area contributed by atoms with Crippen LogP contribution in [0.4, 0.5) is 16.2 Å². The molecule has 146 valence electrons. The lowest BCUT2D eigenvalue weighted by atomic mass is 10.2. The molecule has 1 aromatic heterocycles. The molecule has 7 nitrogen and oxygen atoms in total. The molecular formula is C21H16ClN3O4. The zero-order valence-electron chi connectivity index (χ0n) is 15.4. The molecule has 0 spiro atoms. The number of esters is 1. The second-order valence-corrected chi connectivity index (χ2v) is 6.90. The van der Waals surface area contributed by atoms with Crippen LogP contribution in [-0.2, 0) is 11.2 Å². The van der Waals surface area contributed by atoms with Gasteiger partial charge in [-0.2, -0.15) is 0 Å². The van der Waals surface area contributed by atoms with Crippen molar-refractivity contribution in [2.24, 2.45) is 0 Å². The number of rotatable bonds is 4. The molecule has 0 radical (unpaired) electrons. The predicted octanol–water partition coefficient (Wildman–Crippen LogP) is 4.94. The number of fused-ring (bicyclic) bond motifs is 1. The smallest absolute Gasteiger partial charge is 0.323 e. The Morgan fingerprint density at radius 2 is 1.86 bits per heavy atom. The predicted molar refractivity (Wildman–Crippen MR) is 109 cm³/mol. The number of halogens is 1. The Bertz CT molecular complexity index is 1080. The average molecular weight is 410 g/mol. The number of amides is 2. The third kappa shape index (κ3) is 4.47. The zero-order chi connectivity index (χ0) is 20.4. The van der Waals surface area contributed by atoms with E-state index in [1.54, 1.807) is 42.6 Å². The first-order valence-corrected chi connectivity index (χ1v) is 9.16. The van der Waals surface area contributed by atoms with Gasteiger partial charge in [-0.25, -0.2) is 4.79 Å². The van der Waals surface area contributed by atoms with Crippen molar-refractivity contribution in [1.29, 1.82) is 0 Å². The standard InChI is InChI=1S/C21H16ClN3O4/c1-12-8-13(22)10-15(9-12)25-21(27)24-14-2-4-16(5-3-14)28-18-6-7-23-17-11-19(26)29-20(17)18/h2-10H,11H2,1H3,(H2,24,25,27). The van der Waals surface area contributed by atoms with Gasteiger partial charge >= 0.3 is 12.0 Å². The van der Waals surface area contributed by atoms with E-state index in [2.05, 4.69) is 15.6 Å². The normalized spacial score (nSPS) is 12.1. The molecule has 2 aromatic carbocycles. The molecule has 0 saturated carbocycles. The first kappa shape index (κ1) is 18.8. The summed E-state index contributed by atoms with van der Waals surface area (Å²) in [4.78, 5) is 27.8. The first-order valence-electron chi connectivity index (χ1n) is 8.78. The number of aromatic nitrogens is 1. The van der Waals surface area contributed by atoms with Gasteiger partial charge in [0.15, 0.2) is 11.5 Å². The van der Waals surface area contributed by atoms with Crippen LogP contribution in [-0.4, -0.2) is 17.0 Å². The van der Waals surface area contributed by atoms with Crippen molar-refractivity contribution >= 4 is 35.0 Å². The summed E-state index contributed by atoms with van der Waals surface area (Å²) in [6, 6.07) is 13.3. The number of hydrogen-bond acceptors (Lipinski definition) is 5. The molecule has 2 N–H and O–H groups in total. The number of nitrogens with one attached hydrogen (secondary N) is 2. The number of nitrogens with zero attached hydrogens (tertiary/aromatic N) is 1. The lowest BCUT2D eigenvalue weighted by Gasteiger charge is -2.11. The van der Waals surface area contributed by atoms with Gasteiger partial charge < -0.3 is 20.1 Å². The molecule has 29 heavy (non-hydrogen) atoms. The number of ether oxygens (including phenoxy) is 2. The van der Waals surface area contributed by atoms with Crippen molar-refractivity contribution in [2.45, 2.75) is 13.3 Å². The average Bonchev–Trinajstić information content (AvgIpc) is 3.03. The molecule has 1 aliphatic rings. The molecule has 0 fully saturated rings. The van der Waals surface area contributed by atoms with Gasteiger partial charge in [-0.05, 0) is 55.0 Å². The van der Waals surface area contributed by atoms with Gasteiger partial charge in [0.05, 0.1) is 12.1 Å². The van der Waals surface area contributed by atoms with E-state index in [1.807, 2.05) is 19.1 Å². The third-order valence-electron chi connectivity index (χ3n) is 4.11. The van der Waals surface area contributed by atoms with Crippen LogP contribution >= 0.6 is 11.6 Å². The highest BCUT2D eigenvalue weighted by Crippen LogP contribution is 2.37. The van der Waals surface area contributed by atoms with Crippen molar-refractivity contribution in [3.05, 3.63) is 71.0 Å². The van der Waals surface area contributed by atoms with Gasteiger partial charge in [0, 0.05) is 28.7 Å². The number of carbonyl (C=O) groups is 2. The van der Waals surface area contributed by atoms with Gasteiger partial charge in [0.2, 0.25) is 0 Å². The van der Waals surface area contributed by atoms with E-state index >= 15 is 0 Å². The summed E-state index contributed by atoms with van der Waals surface area (Å²) in [5.74, 6) is 0.924. The van der Waals surface area contributed by atoms with Crippen molar-refractivity contribution < 1.29 is 19.1 Å². The molecule has 4 rings (SSSR count). The van der Waals surface area contributed by atoms with Crippen molar-refractivity contribution in [1.82, 2.24) is 4.98 Å². The second-order valence-electron chi connectivity index (χ2n) is 6.46. The topological polar surface area (TPSA) is 89.6 Å². The summed E-state index contributed by atoms with van der Waals surface area (Å²) in [6.45, 7) is 1.90. The minimum absolute atomic E-state index is 0.136. The third-order valence-corrected chi connectivity index (χ3v) is 4.33. The maximum absolute atomic E-state index is 12.2. The summed E-state index contributed by atoms with van der Waals surface area (Å²) < 4.78 is 11.0. The molecule has 0 aliphatic carbocycles. The molecule has 1 aliphatic heterocycles. The molecular weight excluding hydrogens is 394 g/mol. The monoisotopic (exact) mass is 409 g/mol. The van der Waals surface area contributed by atoms with E-state index in [1.165, 1.54) is 0 Å².